The van der Waals surface area contributed by atoms with Crippen LogP contribution in [0, 0.1) is 18.8 Å². The fourth-order valence-corrected chi connectivity index (χ4v) is 12.0. The van der Waals surface area contributed by atoms with Crippen LogP contribution < -0.4 is 19.4 Å². The zero-order chi connectivity index (χ0) is 45.6. The first kappa shape index (κ1) is 42.8. The summed E-state index contributed by atoms with van der Waals surface area (Å²) in [7, 11) is 0. The van der Waals surface area contributed by atoms with Crippen molar-refractivity contribution in [2.45, 2.75) is 74.5 Å². The first-order valence-electron chi connectivity index (χ1n) is 23.1. The van der Waals surface area contributed by atoms with Crippen LogP contribution in [0.4, 0.5) is 28.4 Å². The van der Waals surface area contributed by atoms with E-state index in [4.69, 9.17) is 9.72 Å². The predicted octanol–water partition coefficient (Wildman–Crippen LogP) is 15.7. The first-order chi connectivity index (χ1) is 32.3. The maximum absolute atomic E-state index is 6.65. The van der Waals surface area contributed by atoms with Crippen molar-refractivity contribution in [2.75, 3.05) is 14.7 Å². The molecule has 13 rings (SSSR count). The van der Waals surface area contributed by atoms with Crippen molar-refractivity contribution in [3.05, 3.63) is 205 Å². The van der Waals surface area contributed by atoms with Crippen LogP contribution in [-0.2, 0) is 37.3 Å². The molecular weight excluding hydrogens is 1030 g/mol. The number of hydrogen-bond acceptors (Lipinski definition) is 6. The molecule has 0 bridgehead atoms. The molecular formula is C60H48N5OPtS-3. The number of benzene rings is 7. The van der Waals surface area contributed by atoms with Crippen molar-refractivity contribution < 1.29 is 25.8 Å². The van der Waals surface area contributed by atoms with Gasteiger partial charge in [0.2, 0.25) is 0 Å². The number of ether oxygens (including phenoxy) is 1. The molecule has 0 saturated carbocycles. The number of hydrogen-bond donors (Lipinski definition) is 0. The van der Waals surface area contributed by atoms with E-state index in [-0.39, 0.29) is 37.3 Å². The molecule has 0 radical (unpaired) electrons. The molecule has 9 aromatic rings. The number of para-hydroxylation sites is 2. The average molecular weight is 1080 g/mol. The van der Waals surface area contributed by atoms with Gasteiger partial charge >= 0.3 is 0 Å². The summed E-state index contributed by atoms with van der Waals surface area (Å²) in [6.07, 6.45) is 6.15. The summed E-state index contributed by atoms with van der Waals surface area (Å²) in [5.74, 6) is 2.06. The molecule has 7 aromatic carbocycles. The Morgan fingerprint density at radius 2 is 1.28 bits per heavy atom. The van der Waals surface area contributed by atoms with Crippen LogP contribution in [0.1, 0.15) is 76.3 Å². The summed E-state index contributed by atoms with van der Waals surface area (Å²) in [5.41, 5.74) is 16.5. The number of aromatic nitrogens is 2. The van der Waals surface area contributed by atoms with Crippen molar-refractivity contribution in [3.8, 4) is 28.4 Å². The van der Waals surface area contributed by atoms with E-state index in [9.17, 15) is 0 Å². The van der Waals surface area contributed by atoms with E-state index in [1.807, 2.05) is 36.2 Å². The van der Waals surface area contributed by atoms with Crippen LogP contribution in [0.25, 0.3) is 38.8 Å². The summed E-state index contributed by atoms with van der Waals surface area (Å²) < 4.78 is 8.87. The largest absolute Gasteiger partial charge is 0.509 e. The summed E-state index contributed by atoms with van der Waals surface area (Å²) >= 11 is 1.91. The molecule has 2 aromatic heterocycles. The molecule has 0 amide bonds. The summed E-state index contributed by atoms with van der Waals surface area (Å²) in [6.45, 7) is 18.4. The fraction of sp³-hybridized carbons (Fsp3) is 0.167. The van der Waals surface area contributed by atoms with Crippen molar-refractivity contribution in [1.29, 1.82) is 0 Å². The number of pyridine rings is 1. The molecule has 0 atom stereocenters. The molecule has 0 saturated heterocycles. The van der Waals surface area contributed by atoms with Crippen molar-refractivity contribution >= 4 is 62.0 Å². The Morgan fingerprint density at radius 3 is 1.99 bits per heavy atom. The first-order valence-corrected chi connectivity index (χ1v) is 23.9. The normalized spacial score (nSPS) is 15.7. The van der Waals surface area contributed by atoms with Crippen molar-refractivity contribution in [1.82, 2.24) is 9.55 Å². The van der Waals surface area contributed by atoms with Gasteiger partial charge in [-0.15, -0.1) is 48.1 Å². The van der Waals surface area contributed by atoms with Gasteiger partial charge in [0.1, 0.15) is 5.82 Å². The van der Waals surface area contributed by atoms with E-state index < -0.39 is 0 Å². The van der Waals surface area contributed by atoms with Gasteiger partial charge in [-0.2, -0.15) is 12.1 Å². The van der Waals surface area contributed by atoms with E-state index in [0.717, 1.165) is 44.6 Å². The van der Waals surface area contributed by atoms with Gasteiger partial charge in [0.05, 0.1) is 17.1 Å². The van der Waals surface area contributed by atoms with Crippen LogP contribution in [0.15, 0.2) is 168 Å². The van der Waals surface area contributed by atoms with Crippen LogP contribution in [0.5, 0.6) is 11.5 Å². The number of fused-ring (bicyclic) bond motifs is 3. The summed E-state index contributed by atoms with van der Waals surface area (Å²) in [6, 6.07) is 57.5. The second-order valence-electron chi connectivity index (χ2n) is 20.3. The Labute approximate surface area is 417 Å². The maximum atomic E-state index is 6.65. The molecule has 0 N–H and O–H groups in total. The predicted molar refractivity (Wildman–Crippen MR) is 275 cm³/mol. The van der Waals surface area contributed by atoms with Gasteiger partial charge in [0, 0.05) is 70.6 Å². The van der Waals surface area contributed by atoms with Gasteiger partial charge < -0.3 is 24.0 Å². The quantitative estimate of drug-likeness (QED) is 0.155. The number of nitrogens with zero attached hydrogens (tertiary/aromatic N) is 5. The van der Waals surface area contributed by atoms with E-state index >= 15 is 0 Å². The third-order valence-electron chi connectivity index (χ3n) is 14.5. The van der Waals surface area contributed by atoms with E-state index in [1.54, 1.807) is 0 Å². The van der Waals surface area contributed by atoms with Gasteiger partial charge in [-0.25, -0.2) is 4.98 Å². The van der Waals surface area contributed by atoms with Gasteiger partial charge in [0.25, 0.3) is 0 Å². The van der Waals surface area contributed by atoms with E-state index in [0.29, 0.717) is 11.5 Å². The monoisotopic (exact) mass is 1080 g/mol. The summed E-state index contributed by atoms with van der Waals surface area (Å²) in [4.78, 5) is 14.5. The molecule has 0 fully saturated rings. The van der Waals surface area contributed by atoms with Crippen LogP contribution >= 0.6 is 11.8 Å². The Hall–Kier alpha value is -6.53. The van der Waals surface area contributed by atoms with Crippen molar-refractivity contribution in [2.24, 2.45) is 0 Å². The molecule has 0 unspecified atom stereocenters. The minimum absolute atomic E-state index is 0. The molecule has 8 heteroatoms. The molecule has 0 spiro atoms. The minimum atomic E-state index is -0.211. The number of rotatable bonds is 6. The standard InChI is InChI=1S/C60H48N5OS.Pt/c1-58(2,3)39-26-27-61-54(31-39)64-50-25-22-38(37-14-9-8-10-15-37)30-45(50)44-24-23-43(35-51(44)64)66-42-17-11-16-40(32-42)62-28-29-63(36-62)41-33-48-55-49(34-41)60(6,7)47-19-13-21-53-57(47)65(55)56-46(59(48,4)5)18-12-20-52(56)67-53;/h8-31,33-34,36H,1-7H3;/q-3;. The molecule has 0 aliphatic carbocycles. The second-order valence-corrected chi connectivity index (χ2v) is 21.4. The van der Waals surface area contributed by atoms with Crippen LogP contribution in [-0.4, -0.2) is 9.55 Å². The third-order valence-corrected chi connectivity index (χ3v) is 15.6. The molecule has 4 aliphatic rings. The Kier molecular flexibility index (Phi) is 9.59. The van der Waals surface area contributed by atoms with Gasteiger partial charge in [-0.05, 0) is 105 Å². The van der Waals surface area contributed by atoms with Crippen LogP contribution in [0.3, 0.4) is 0 Å². The summed E-state index contributed by atoms with van der Waals surface area (Å²) in [5, 5.41) is 2.22. The third kappa shape index (κ3) is 6.38. The van der Waals surface area contributed by atoms with Crippen molar-refractivity contribution in [3.63, 3.8) is 0 Å². The Balaban J connectivity index is 0.00000480. The van der Waals surface area contributed by atoms with E-state index in [2.05, 4.69) is 220 Å². The SMILES string of the molecule is CC(C)(C)c1ccnc(-n2c3[c-]c(Oc4[c-]c(N5C=CN(c6cc7c8c(c6)C(C)(C)c6cccc9c6N8c6c(cccc6C7(C)C)S9)[CH-]5)ccc4)ccc3c3cc(-c4ccccc4)ccc32)c1.[Pt]. The van der Waals surface area contributed by atoms with Crippen LogP contribution in [0.2, 0.25) is 0 Å². The fourth-order valence-electron chi connectivity index (χ4n) is 10.8. The average Bonchev–Trinajstić information content (AvgIpc) is 3.95. The molecule has 338 valence electrons. The molecule has 68 heavy (non-hydrogen) atoms. The Bertz CT molecular complexity index is 3500. The minimum Gasteiger partial charge on any atom is -0.509 e. The molecule has 6 heterocycles. The van der Waals surface area contributed by atoms with Gasteiger partial charge in [-0.3, -0.25) is 0 Å². The molecule has 6 nitrogen and oxygen atoms in total. The Morgan fingerprint density at radius 1 is 0.603 bits per heavy atom. The van der Waals surface area contributed by atoms with Gasteiger partial charge in [-0.1, -0.05) is 132 Å². The van der Waals surface area contributed by atoms with Gasteiger partial charge in [0.15, 0.2) is 0 Å². The molecule has 4 aliphatic heterocycles. The number of anilines is 5. The maximum Gasteiger partial charge on any atom is 0.135 e. The zero-order valence-electron chi connectivity index (χ0n) is 39.0. The second kappa shape index (κ2) is 15.2. The van der Waals surface area contributed by atoms with E-state index in [1.165, 1.54) is 60.2 Å². The topological polar surface area (TPSA) is 36.8 Å². The smallest absolute Gasteiger partial charge is 0.135 e. The zero-order valence-corrected chi connectivity index (χ0v) is 42.0.